The number of rotatable bonds is 4. The first-order chi connectivity index (χ1) is 12.1. The first-order valence-electron chi connectivity index (χ1n) is 8.61. The molecule has 1 N–H and O–H groups in total. The van der Waals surface area contributed by atoms with Crippen molar-refractivity contribution in [3.63, 3.8) is 0 Å². The quantitative estimate of drug-likeness (QED) is 0.924. The summed E-state index contributed by atoms with van der Waals surface area (Å²) in [5.74, 6) is 1.95. The van der Waals surface area contributed by atoms with Gasteiger partial charge in [-0.1, -0.05) is 13.0 Å². The largest absolute Gasteiger partial charge is 0.495 e. The van der Waals surface area contributed by atoms with Gasteiger partial charge in [0, 0.05) is 13.1 Å². The van der Waals surface area contributed by atoms with Gasteiger partial charge in [-0.05, 0) is 55.5 Å². The number of aromatic nitrogens is 2. The van der Waals surface area contributed by atoms with Gasteiger partial charge in [-0.3, -0.25) is 4.79 Å². The summed E-state index contributed by atoms with van der Waals surface area (Å²) in [6.45, 7) is 5.82. The number of nitrogens with one attached hydrogen (secondary N) is 1. The summed E-state index contributed by atoms with van der Waals surface area (Å²) in [5, 5.41) is 11.4. The fourth-order valence-electron chi connectivity index (χ4n) is 2.94. The van der Waals surface area contributed by atoms with Crippen molar-refractivity contribution in [2.75, 3.05) is 25.5 Å². The predicted octanol–water partition coefficient (Wildman–Crippen LogP) is 3.41. The fourth-order valence-corrected chi connectivity index (χ4v) is 2.94. The molecule has 0 saturated carbocycles. The minimum absolute atomic E-state index is 0.0425. The third-order valence-corrected chi connectivity index (χ3v) is 4.57. The number of ether oxygens (including phenoxy) is 1. The minimum Gasteiger partial charge on any atom is -0.495 e. The second kappa shape index (κ2) is 7.51. The van der Waals surface area contributed by atoms with Crippen LogP contribution in [0.5, 0.6) is 5.75 Å². The van der Waals surface area contributed by atoms with Gasteiger partial charge in [0.1, 0.15) is 5.75 Å². The van der Waals surface area contributed by atoms with Crippen molar-refractivity contribution in [2.24, 2.45) is 5.92 Å². The number of aryl methyl sites for hydroxylation is 1. The molecule has 0 atom stereocenters. The summed E-state index contributed by atoms with van der Waals surface area (Å²) in [4.78, 5) is 14.4. The van der Waals surface area contributed by atoms with Crippen LogP contribution < -0.4 is 10.1 Å². The van der Waals surface area contributed by atoms with Crippen LogP contribution >= 0.6 is 0 Å². The van der Waals surface area contributed by atoms with Crippen LogP contribution in [0.25, 0.3) is 0 Å². The Balaban J connectivity index is 1.70. The standard InChI is InChI=1S/C19H24N4O2/c1-13-8-10-23(11-9-13)19(24)15-5-7-18(22-21-15)20-16-12-14(2)4-6-17(16)25-3/h4-7,12-13H,8-11H2,1-3H3,(H,20,22). The van der Waals surface area contributed by atoms with E-state index in [0.29, 0.717) is 17.4 Å². The average molecular weight is 340 g/mol. The van der Waals surface area contributed by atoms with Crippen molar-refractivity contribution in [3.8, 4) is 5.75 Å². The zero-order valence-electron chi connectivity index (χ0n) is 15.0. The average Bonchev–Trinajstić information content (AvgIpc) is 2.63. The minimum atomic E-state index is -0.0425. The van der Waals surface area contributed by atoms with Crippen LogP contribution in [0.15, 0.2) is 30.3 Å². The Hall–Kier alpha value is -2.63. The van der Waals surface area contributed by atoms with Gasteiger partial charge in [0.05, 0.1) is 12.8 Å². The van der Waals surface area contributed by atoms with Crippen LogP contribution in [0.4, 0.5) is 11.5 Å². The molecular formula is C19H24N4O2. The fraction of sp³-hybridized carbons (Fsp3) is 0.421. The van der Waals surface area contributed by atoms with Gasteiger partial charge >= 0.3 is 0 Å². The molecule has 0 aliphatic carbocycles. The topological polar surface area (TPSA) is 67.3 Å². The zero-order valence-corrected chi connectivity index (χ0v) is 15.0. The number of likely N-dealkylation sites (tertiary alicyclic amines) is 1. The second-order valence-corrected chi connectivity index (χ2v) is 6.61. The molecule has 6 nitrogen and oxygen atoms in total. The van der Waals surface area contributed by atoms with Gasteiger partial charge in [0.25, 0.3) is 5.91 Å². The summed E-state index contributed by atoms with van der Waals surface area (Å²) in [5.41, 5.74) is 2.32. The molecule has 2 aromatic rings. The molecular weight excluding hydrogens is 316 g/mol. The van der Waals surface area contributed by atoms with Crippen molar-refractivity contribution >= 4 is 17.4 Å². The third-order valence-electron chi connectivity index (χ3n) is 4.57. The number of benzene rings is 1. The van der Waals surface area contributed by atoms with E-state index in [0.717, 1.165) is 42.9 Å². The molecule has 0 spiro atoms. The summed E-state index contributed by atoms with van der Waals surface area (Å²) < 4.78 is 5.35. The lowest BCUT2D eigenvalue weighted by Gasteiger charge is -2.29. The van der Waals surface area contributed by atoms with Crippen LogP contribution in [0, 0.1) is 12.8 Å². The van der Waals surface area contributed by atoms with E-state index >= 15 is 0 Å². The van der Waals surface area contributed by atoms with Gasteiger partial charge in [0.2, 0.25) is 0 Å². The molecule has 1 fully saturated rings. The molecule has 1 aliphatic heterocycles. The van der Waals surface area contributed by atoms with E-state index in [1.165, 1.54) is 0 Å². The van der Waals surface area contributed by atoms with Gasteiger partial charge in [0.15, 0.2) is 11.5 Å². The number of carbonyl (C=O) groups excluding carboxylic acids is 1. The summed E-state index contributed by atoms with van der Waals surface area (Å²) >= 11 is 0. The molecule has 25 heavy (non-hydrogen) atoms. The van der Waals surface area contributed by atoms with Crippen molar-refractivity contribution in [1.82, 2.24) is 15.1 Å². The van der Waals surface area contributed by atoms with Crippen LogP contribution in [0.1, 0.15) is 35.8 Å². The van der Waals surface area contributed by atoms with E-state index in [-0.39, 0.29) is 5.91 Å². The van der Waals surface area contributed by atoms with Crippen LogP contribution in [0.2, 0.25) is 0 Å². The highest BCUT2D eigenvalue weighted by atomic mass is 16.5. The van der Waals surface area contributed by atoms with E-state index in [1.807, 2.05) is 30.0 Å². The Bertz CT molecular complexity index is 738. The van der Waals surface area contributed by atoms with E-state index < -0.39 is 0 Å². The third kappa shape index (κ3) is 4.07. The molecule has 132 valence electrons. The summed E-state index contributed by atoms with van der Waals surface area (Å²) in [7, 11) is 1.63. The SMILES string of the molecule is COc1ccc(C)cc1Nc1ccc(C(=O)N2CCC(C)CC2)nn1. The molecule has 1 aliphatic rings. The number of carbonyl (C=O) groups is 1. The molecule has 1 saturated heterocycles. The van der Waals surface area contributed by atoms with Crippen molar-refractivity contribution in [3.05, 3.63) is 41.6 Å². The number of methoxy groups -OCH3 is 1. The maximum absolute atomic E-state index is 12.5. The Morgan fingerprint density at radius 1 is 1.20 bits per heavy atom. The molecule has 0 radical (unpaired) electrons. The Labute approximate surface area is 148 Å². The van der Waals surface area contributed by atoms with E-state index in [4.69, 9.17) is 4.74 Å². The Kier molecular flexibility index (Phi) is 5.16. The Morgan fingerprint density at radius 3 is 2.60 bits per heavy atom. The lowest BCUT2D eigenvalue weighted by molar-refractivity contribution is 0.0690. The van der Waals surface area contributed by atoms with Crippen molar-refractivity contribution in [1.29, 1.82) is 0 Å². The normalized spacial score (nSPS) is 15.1. The molecule has 1 aromatic carbocycles. The summed E-state index contributed by atoms with van der Waals surface area (Å²) in [6, 6.07) is 9.36. The van der Waals surface area contributed by atoms with Crippen LogP contribution in [-0.2, 0) is 0 Å². The van der Waals surface area contributed by atoms with Gasteiger partial charge in [-0.25, -0.2) is 0 Å². The molecule has 2 heterocycles. The highest BCUT2D eigenvalue weighted by molar-refractivity contribution is 5.92. The Morgan fingerprint density at radius 2 is 1.96 bits per heavy atom. The number of hydrogen-bond donors (Lipinski definition) is 1. The van der Waals surface area contributed by atoms with Crippen LogP contribution in [-0.4, -0.2) is 41.2 Å². The second-order valence-electron chi connectivity index (χ2n) is 6.61. The number of piperidine rings is 1. The van der Waals surface area contributed by atoms with E-state index in [1.54, 1.807) is 19.2 Å². The first kappa shape index (κ1) is 17.2. The number of amides is 1. The summed E-state index contributed by atoms with van der Waals surface area (Å²) in [6.07, 6.45) is 2.10. The highest BCUT2D eigenvalue weighted by Crippen LogP contribution is 2.27. The lowest BCUT2D eigenvalue weighted by atomic mass is 9.99. The number of nitrogens with zero attached hydrogens (tertiary/aromatic N) is 3. The van der Waals surface area contributed by atoms with E-state index in [9.17, 15) is 4.79 Å². The highest BCUT2D eigenvalue weighted by Gasteiger charge is 2.22. The predicted molar refractivity (Wildman–Crippen MR) is 97.3 cm³/mol. The van der Waals surface area contributed by atoms with Crippen LogP contribution in [0.3, 0.4) is 0 Å². The van der Waals surface area contributed by atoms with Crippen molar-refractivity contribution < 1.29 is 9.53 Å². The number of anilines is 2. The zero-order chi connectivity index (χ0) is 17.8. The van der Waals surface area contributed by atoms with Crippen molar-refractivity contribution in [2.45, 2.75) is 26.7 Å². The smallest absolute Gasteiger partial charge is 0.274 e. The molecule has 0 bridgehead atoms. The monoisotopic (exact) mass is 340 g/mol. The van der Waals surface area contributed by atoms with Gasteiger partial charge in [-0.15, -0.1) is 10.2 Å². The van der Waals surface area contributed by atoms with Gasteiger partial charge < -0.3 is 15.0 Å². The maximum atomic E-state index is 12.5. The maximum Gasteiger partial charge on any atom is 0.274 e. The number of hydrogen-bond acceptors (Lipinski definition) is 5. The van der Waals surface area contributed by atoms with Gasteiger partial charge in [-0.2, -0.15) is 0 Å². The molecule has 3 rings (SSSR count). The molecule has 0 unspecified atom stereocenters. The lowest BCUT2D eigenvalue weighted by Crippen LogP contribution is -2.38. The molecule has 1 amide bonds. The molecule has 6 heteroatoms. The molecule has 1 aromatic heterocycles. The van der Waals surface area contributed by atoms with E-state index in [2.05, 4.69) is 22.4 Å². The first-order valence-corrected chi connectivity index (χ1v) is 8.61.